The number of nitrogens with one attached hydrogen (secondary N) is 2. The number of rotatable bonds is 2. The average molecular weight is 324 g/mol. The van der Waals surface area contributed by atoms with Gasteiger partial charge in [-0.25, -0.2) is 12.8 Å². The molecule has 1 aromatic carbocycles. The van der Waals surface area contributed by atoms with Crippen LogP contribution >= 0.6 is 0 Å². The van der Waals surface area contributed by atoms with Crippen LogP contribution < -0.4 is 5.32 Å². The highest BCUT2D eigenvalue weighted by atomic mass is 32.2. The molecule has 1 aromatic heterocycles. The van der Waals surface area contributed by atoms with Gasteiger partial charge in [-0.05, 0) is 36.6 Å². The number of hydrogen-bond donors (Lipinski definition) is 2. The number of fused-ring (bicyclic) bond motifs is 1. The van der Waals surface area contributed by atoms with E-state index in [1.54, 1.807) is 12.1 Å². The zero-order chi connectivity index (χ0) is 15.9. The van der Waals surface area contributed by atoms with E-state index in [-0.39, 0.29) is 29.1 Å². The summed E-state index contributed by atoms with van der Waals surface area (Å²) >= 11 is 0. The van der Waals surface area contributed by atoms with Crippen LogP contribution in [0.15, 0.2) is 24.3 Å². The van der Waals surface area contributed by atoms with Crippen molar-refractivity contribution in [3.8, 4) is 0 Å². The Morgan fingerprint density at radius 3 is 2.91 bits per heavy atom. The van der Waals surface area contributed by atoms with Crippen molar-refractivity contribution >= 4 is 26.6 Å². The Bertz CT molecular complexity index is 828. The zero-order valence-corrected chi connectivity index (χ0v) is 12.9. The average Bonchev–Trinajstić information content (AvgIpc) is 2.85. The molecule has 1 saturated heterocycles. The normalized spacial score (nSPS) is 24.3. The maximum Gasteiger partial charge on any atom is 0.267 e. The van der Waals surface area contributed by atoms with Gasteiger partial charge in [0, 0.05) is 16.9 Å². The lowest BCUT2D eigenvalue weighted by molar-refractivity contribution is 0.0923. The highest BCUT2D eigenvalue weighted by Gasteiger charge is 2.31. The monoisotopic (exact) mass is 324 g/mol. The second kappa shape index (κ2) is 5.39. The molecule has 1 fully saturated rings. The molecule has 1 amide bonds. The molecule has 2 aromatic rings. The lowest BCUT2D eigenvalue weighted by Gasteiger charge is -2.29. The van der Waals surface area contributed by atoms with Gasteiger partial charge in [-0.2, -0.15) is 0 Å². The lowest BCUT2D eigenvalue weighted by Crippen LogP contribution is -2.48. The van der Waals surface area contributed by atoms with Crippen LogP contribution in [0.5, 0.6) is 0 Å². The van der Waals surface area contributed by atoms with Gasteiger partial charge in [0.25, 0.3) is 5.91 Å². The summed E-state index contributed by atoms with van der Waals surface area (Å²) in [4.78, 5) is 15.2. The summed E-state index contributed by atoms with van der Waals surface area (Å²) in [5.41, 5.74) is 0.964. The van der Waals surface area contributed by atoms with E-state index < -0.39 is 15.9 Å². The summed E-state index contributed by atoms with van der Waals surface area (Å²) in [5, 5.41) is 3.38. The fourth-order valence-electron chi connectivity index (χ4n) is 2.74. The number of aromatic nitrogens is 1. The van der Waals surface area contributed by atoms with Crippen molar-refractivity contribution in [3.63, 3.8) is 0 Å². The Balaban J connectivity index is 1.80. The number of hydrogen-bond acceptors (Lipinski definition) is 3. The summed E-state index contributed by atoms with van der Waals surface area (Å²) in [7, 11) is -3.10. The first-order valence-electron chi connectivity index (χ1n) is 7.14. The Kier molecular flexibility index (Phi) is 3.68. The third-order valence-electron chi connectivity index (χ3n) is 4.15. The Labute approximate surface area is 127 Å². The first-order valence-corrected chi connectivity index (χ1v) is 8.96. The van der Waals surface area contributed by atoms with Gasteiger partial charge in [-0.1, -0.05) is 6.92 Å². The molecule has 0 spiro atoms. The maximum absolute atomic E-state index is 13.2. The largest absolute Gasteiger partial charge is 0.351 e. The van der Waals surface area contributed by atoms with Crippen LogP contribution in [0.2, 0.25) is 0 Å². The van der Waals surface area contributed by atoms with Crippen LogP contribution in [0.3, 0.4) is 0 Å². The Hall–Kier alpha value is -1.89. The van der Waals surface area contributed by atoms with Crippen molar-refractivity contribution in [2.45, 2.75) is 19.4 Å². The number of H-pyrrole nitrogens is 1. The van der Waals surface area contributed by atoms with E-state index in [0.29, 0.717) is 23.0 Å². The molecule has 3 rings (SSSR count). The second-order valence-corrected chi connectivity index (χ2v) is 8.10. The molecule has 0 bridgehead atoms. The predicted molar refractivity (Wildman–Crippen MR) is 81.9 cm³/mol. The topological polar surface area (TPSA) is 79.0 Å². The number of carbonyl (C=O) groups is 1. The summed E-state index contributed by atoms with van der Waals surface area (Å²) < 4.78 is 36.6. The van der Waals surface area contributed by atoms with Crippen LogP contribution in [0.1, 0.15) is 23.8 Å². The number of benzene rings is 1. The van der Waals surface area contributed by atoms with Gasteiger partial charge in [0.1, 0.15) is 11.5 Å². The van der Waals surface area contributed by atoms with E-state index in [4.69, 9.17) is 0 Å². The molecule has 22 heavy (non-hydrogen) atoms. The van der Waals surface area contributed by atoms with E-state index in [1.807, 2.05) is 6.92 Å². The summed E-state index contributed by atoms with van der Waals surface area (Å²) in [6, 6.07) is 5.40. The third-order valence-corrected chi connectivity index (χ3v) is 5.87. The predicted octanol–water partition coefficient (Wildman–Crippen LogP) is 1.86. The van der Waals surface area contributed by atoms with Gasteiger partial charge in [0.05, 0.1) is 11.5 Å². The summed E-state index contributed by atoms with van der Waals surface area (Å²) in [6.45, 7) is 1.93. The minimum absolute atomic E-state index is 0.0330. The van der Waals surface area contributed by atoms with Crippen molar-refractivity contribution in [3.05, 3.63) is 35.8 Å². The smallest absolute Gasteiger partial charge is 0.267 e. The molecule has 118 valence electrons. The Morgan fingerprint density at radius 1 is 1.36 bits per heavy atom. The number of halogens is 1. The highest BCUT2D eigenvalue weighted by Crippen LogP contribution is 2.20. The summed E-state index contributed by atoms with van der Waals surface area (Å²) in [5.74, 6) is -0.494. The number of carbonyl (C=O) groups excluding carboxylic acids is 1. The van der Waals surface area contributed by atoms with E-state index in [9.17, 15) is 17.6 Å². The number of aromatic amines is 1. The molecule has 2 heterocycles. The standard InChI is InChI=1S/C15H17FN2O3S/c1-9-4-5-22(20,21)8-14(9)18-15(19)13-7-10-6-11(16)2-3-12(10)17-13/h2-3,6-7,9,14,17H,4-5,8H2,1H3,(H,18,19)/t9-,14+/m1/s1. The maximum atomic E-state index is 13.2. The van der Waals surface area contributed by atoms with Crippen molar-refractivity contribution in [1.29, 1.82) is 0 Å². The van der Waals surface area contributed by atoms with Gasteiger partial charge in [0.15, 0.2) is 9.84 Å². The van der Waals surface area contributed by atoms with Crippen LogP contribution in [0.25, 0.3) is 10.9 Å². The van der Waals surface area contributed by atoms with Gasteiger partial charge < -0.3 is 10.3 Å². The Morgan fingerprint density at radius 2 is 2.14 bits per heavy atom. The molecule has 1 aliphatic heterocycles. The molecule has 5 nitrogen and oxygen atoms in total. The molecule has 2 atom stereocenters. The van der Waals surface area contributed by atoms with Crippen LogP contribution in [-0.2, 0) is 9.84 Å². The van der Waals surface area contributed by atoms with Crippen LogP contribution in [-0.4, -0.2) is 36.9 Å². The molecule has 0 unspecified atom stereocenters. The molecule has 0 aliphatic carbocycles. The molecular formula is C15H17FN2O3S. The van der Waals surface area contributed by atoms with Gasteiger partial charge in [-0.3, -0.25) is 4.79 Å². The molecular weight excluding hydrogens is 307 g/mol. The number of sulfone groups is 1. The molecule has 0 radical (unpaired) electrons. The van der Waals surface area contributed by atoms with E-state index in [1.165, 1.54) is 12.1 Å². The fraction of sp³-hybridized carbons (Fsp3) is 0.400. The highest BCUT2D eigenvalue weighted by molar-refractivity contribution is 7.91. The van der Waals surface area contributed by atoms with E-state index in [2.05, 4.69) is 10.3 Å². The molecule has 0 saturated carbocycles. The van der Waals surface area contributed by atoms with Crippen LogP contribution in [0.4, 0.5) is 4.39 Å². The first kappa shape index (κ1) is 15.0. The third kappa shape index (κ3) is 2.99. The van der Waals surface area contributed by atoms with Crippen molar-refractivity contribution in [2.75, 3.05) is 11.5 Å². The quantitative estimate of drug-likeness (QED) is 0.885. The zero-order valence-electron chi connectivity index (χ0n) is 12.1. The molecule has 2 N–H and O–H groups in total. The van der Waals surface area contributed by atoms with Crippen molar-refractivity contribution < 1.29 is 17.6 Å². The summed E-state index contributed by atoms with van der Waals surface area (Å²) in [6.07, 6.45) is 0.547. The lowest BCUT2D eigenvalue weighted by atomic mass is 10.00. The molecule has 7 heteroatoms. The van der Waals surface area contributed by atoms with E-state index in [0.717, 1.165) is 0 Å². The number of amides is 1. The second-order valence-electron chi connectivity index (χ2n) is 5.87. The van der Waals surface area contributed by atoms with Crippen molar-refractivity contribution in [2.24, 2.45) is 5.92 Å². The SMILES string of the molecule is C[C@@H]1CCS(=O)(=O)C[C@@H]1NC(=O)c1cc2cc(F)ccc2[nH]1. The van der Waals surface area contributed by atoms with E-state index >= 15 is 0 Å². The fourth-order valence-corrected chi connectivity index (χ4v) is 4.60. The van der Waals surface area contributed by atoms with Gasteiger partial charge in [0.2, 0.25) is 0 Å². The van der Waals surface area contributed by atoms with Crippen LogP contribution in [0, 0.1) is 11.7 Å². The minimum Gasteiger partial charge on any atom is -0.351 e. The van der Waals surface area contributed by atoms with Gasteiger partial charge in [-0.15, -0.1) is 0 Å². The molecule has 1 aliphatic rings. The van der Waals surface area contributed by atoms with Gasteiger partial charge >= 0.3 is 0 Å². The van der Waals surface area contributed by atoms with Crippen molar-refractivity contribution in [1.82, 2.24) is 10.3 Å². The first-order chi connectivity index (χ1) is 10.3. The minimum atomic E-state index is -3.10.